The monoisotopic (exact) mass is 224 g/mol. The number of carbonyl (C=O) groups is 1. The first kappa shape index (κ1) is 11.9. The fraction of sp³-hybridized carbons (Fsp3) is 0.923. The van der Waals surface area contributed by atoms with Gasteiger partial charge in [-0.2, -0.15) is 0 Å². The van der Waals surface area contributed by atoms with Crippen LogP contribution in [0.1, 0.15) is 51.9 Å². The lowest BCUT2D eigenvalue weighted by molar-refractivity contribution is -0.121. The molecule has 2 aliphatic rings. The molecular weight excluding hydrogens is 200 g/mol. The van der Waals surface area contributed by atoms with Crippen LogP contribution in [0.15, 0.2) is 0 Å². The van der Waals surface area contributed by atoms with Crippen LogP contribution in [0, 0.1) is 5.92 Å². The largest absolute Gasteiger partial charge is 0.352 e. The molecule has 2 fully saturated rings. The molecule has 1 unspecified atom stereocenters. The van der Waals surface area contributed by atoms with Gasteiger partial charge in [-0.25, -0.2) is 0 Å². The summed E-state index contributed by atoms with van der Waals surface area (Å²) in [5.41, 5.74) is 0. The smallest absolute Gasteiger partial charge is 0.234 e. The molecular formula is C13H24N2O. The van der Waals surface area contributed by atoms with Crippen LogP contribution in [-0.4, -0.2) is 24.5 Å². The third-order valence-corrected chi connectivity index (χ3v) is 3.72. The Morgan fingerprint density at radius 3 is 2.56 bits per heavy atom. The van der Waals surface area contributed by atoms with Crippen molar-refractivity contribution in [1.29, 1.82) is 0 Å². The van der Waals surface area contributed by atoms with E-state index in [1.54, 1.807) is 0 Å². The zero-order chi connectivity index (χ0) is 11.4. The summed E-state index contributed by atoms with van der Waals surface area (Å²) in [6.45, 7) is 2.67. The Labute approximate surface area is 98.4 Å². The van der Waals surface area contributed by atoms with E-state index < -0.39 is 0 Å². The normalized spacial score (nSPS) is 23.3. The lowest BCUT2D eigenvalue weighted by Gasteiger charge is -2.15. The van der Waals surface area contributed by atoms with Crippen LogP contribution in [0.5, 0.6) is 0 Å². The number of hydrogen-bond donors (Lipinski definition) is 2. The highest BCUT2D eigenvalue weighted by Crippen LogP contribution is 2.33. The topological polar surface area (TPSA) is 41.1 Å². The van der Waals surface area contributed by atoms with Gasteiger partial charge in [-0.05, 0) is 32.1 Å². The van der Waals surface area contributed by atoms with Crippen molar-refractivity contribution in [2.45, 2.75) is 64.0 Å². The average Bonchev–Trinajstić information content (AvgIpc) is 2.91. The van der Waals surface area contributed by atoms with E-state index in [2.05, 4.69) is 17.6 Å². The molecule has 2 N–H and O–H groups in total. The Balaban J connectivity index is 1.55. The Morgan fingerprint density at radius 2 is 1.94 bits per heavy atom. The van der Waals surface area contributed by atoms with E-state index in [1.807, 2.05) is 0 Å². The van der Waals surface area contributed by atoms with Crippen molar-refractivity contribution in [1.82, 2.24) is 10.6 Å². The second-order valence-corrected chi connectivity index (χ2v) is 5.51. The van der Waals surface area contributed by atoms with Crippen LogP contribution in [-0.2, 0) is 4.79 Å². The van der Waals surface area contributed by atoms with E-state index in [9.17, 15) is 4.79 Å². The summed E-state index contributed by atoms with van der Waals surface area (Å²) in [6, 6.07) is 0.940. The molecule has 0 bridgehead atoms. The van der Waals surface area contributed by atoms with Gasteiger partial charge in [0.1, 0.15) is 0 Å². The van der Waals surface area contributed by atoms with Gasteiger partial charge in [0.05, 0.1) is 6.54 Å². The van der Waals surface area contributed by atoms with Gasteiger partial charge >= 0.3 is 0 Å². The van der Waals surface area contributed by atoms with Crippen LogP contribution in [0.3, 0.4) is 0 Å². The van der Waals surface area contributed by atoms with Gasteiger partial charge in [0, 0.05) is 12.1 Å². The lowest BCUT2D eigenvalue weighted by Crippen LogP contribution is -2.41. The molecule has 0 heterocycles. The van der Waals surface area contributed by atoms with E-state index in [-0.39, 0.29) is 5.91 Å². The van der Waals surface area contributed by atoms with Gasteiger partial charge in [-0.15, -0.1) is 0 Å². The van der Waals surface area contributed by atoms with E-state index in [4.69, 9.17) is 0 Å². The molecule has 92 valence electrons. The highest BCUT2D eigenvalue weighted by atomic mass is 16.1. The molecule has 3 heteroatoms. The Bertz CT molecular complexity index is 232. The van der Waals surface area contributed by atoms with Crippen LogP contribution in [0.2, 0.25) is 0 Å². The van der Waals surface area contributed by atoms with E-state index >= 15 is 0 Å². The molecule has 3 nitrogen and oxygen atoms in total. The van der Waals surface area contributed by atoms with Gasteiger partial charge in [0.25, 0.3) is 0 Å². The van der Waals surface area contributed by atoms with Gasteiger partial charge in [-0.1, -0.05) is 25.7 Å². The maximum absolute atomic E-state index is 11.6. The Kier molecular flexibility index (Phi) is 4.22. The van der Waals surface area contributed by atoms with Crippen LogP contribution in [0.25, 0.3) is 0 Å². The molecule has 1 atom stereocenters. The minimum atomic E-state index is 0.176. The molecule has 0 radical (unpaired) electrons. The first-order valence-electron chi connectivity index (χ1n) is 6.77. The van der Waals surface area contributed by atoms with Gasteiger partial charge in [-0.3, -0.25) is 4.79 Å². The number of nitrogens with one attached hydrogen (secondary N) is 2. The maximum atomic E-state index is 11.6. The van der Waals surface area contributed by atoms with E-state index in [1.165, 1.54) is 44.9 Å². The predicted octanol–water partition coefficient (Wildman–Crippen LogP) is 1.82. The molecule has 2 saturated carbocycles. The summed E-state index contributed by atoms with van der Waals surface area (Å²) in [7, 11) is 0. The van der Waals surface area contributed by atoms with Gasteiger partial charge in [0.2, 0.25) is 5.91 Å². The standard InChI is InChI=1S/C13H24N2O/c1-10(8-11-6-7-11)14-9-13(16)15-12-4-2-3-5-12/h10-12,14H,2-9H2,1H3,(H,15,16). The zero-order valence-electron chi connectivity index (χ0n) is 10.3. The lowest BCUT2D eigenvalue weighted by atomic mass is 10.1. The summed E-state index contributed by atoms with van der Waals surface area (Å²) in [4.78, 5) is 11.6. The summed E-state index contributed by atoms with van der Waals surface area (Å²) in [5.74, 6) is 1.11. The van der Waals surface area contributed by atoms with Crippen molar-refractivity contribution in [2.75, 3.05) is 6.54 Å². The molecule has 0 spiro atoms. The van der Waals surface area contributed by atoms with Crippen molar-refractivity contribution in [2.24, 2.45) is 5.92 Å². The van der Waals surface area contributed by atoms with Crippen LogP contribution in [0.4, 0.5) is 0 Å². The third kappa shape index (κ3) is 4.12. The van der Waals surface area contributed by atoms with Crippen molar-refractivity contribution in [3.63, 3.8) is 0 Å². The van der Waals surface area contributed by atoms with Crippen LogP contribution < -0.4 is 10.6 Å². The fourth-order valence-electron chi connectivity index (χ4n) is 2.55. The predicted molar refractivity (Wildman–Crippen MR) is 65.2 cm³/mol. The SMILES string of the molecule is CC(CC1CC1)NCC(=O)NC1CCCC1. The number of amides is 1. The Morgan fingerprint density at radius 1 is 1.25 bits per heavy atom. The second-order valence-electron chi connectivity index (χ2n) is 5.51. The van der Waals surface area contributed by atoms with E-state index in [0.717, 1.165) is 5.92 Å². The second kappa shape index (κ2) is 5.67. The van der Waals surface area contributed by atoms with Crippen molar-refractivity contribution in [3.05, 3.63) is 0 Å². The molecule has 2 aliphatic carbocycles. The number of hydrogen-bond acceptors (Lipinski definition) is 2. The quantitative estimate of drug-likeness (QED) is 0.722. The Hall–Kier alpha value is -0.570. The average molecular weight is 224 g/mol. The zero-order valence-corrected chi connectivity index (χ0v) is 10.3. The first-order chi connectivity index (χ1) is 7.74. The number of rotatable bonds is 6. The highest BCUT2D eigenvalue weighted by Gasteiger charge is 2.23. The minimum absolute atomic E-state index is 0.176. The molecule has 0 aromatic heterocycles. The summed E-state index contributed by atoms with van der Waals surface area (Å²) in [6.07, 6.45) is 8.90. The summed E-state index contributed by atoms with van der Waals surface area (Å²) in [5, 5.41) is 6.42. The molecule has 0 aromatic rings. The molecule has 16 heavy (non-hydrogen) atoms. The third-order valence-electron chi connectivity index (χ3n) is 3.72. The molecule has 2 rings (SSSR count). The molecule has 0 aromatic carbocycles. The van der Waals surface area contributed by atoms with Gasteiger partial charge < -0.3 is 10.6 Å². The summed E-state index contributed by atoms with van der Waals surface area (Å²) >= 11 is 0. The van der Waals surface area contributed by atoms with Crippen molar-refractivity contribution in [3.8, 4) is 0 Å². The van der Waals surface area contributed by atoms with Crippen molar-refractivity contribution < 1.29 is 4.79 Å². The fourth-order valence-corrected chi connectivity index (χ4v) is 2.55. The molecule has 0 saturated heterocycles. The maximum Gasteiger partial charge on any atom is 0.234 e. The molecule has 1 amide bonds. The highest BCUT2D eigenvalue weighted by molar-refractivity contribution is 5.78. The first-order valence-corrected chi connectivity index (χ1v) is 6.77. The summed E-state index contributed by atoms with van der Waals surface area (Å²) < 4.78 is 0. The van der Waals surface area contributed by atoms with Crippen LogP contribution >= 0.6 is 0 Å². The number of carbonyl (C=O) groups excluding carboxylic acids is 1. The van der Waals surface area contributed by atoms with Gasteiger partial charge in [0.15, 0.2) is 0 Å². The van der Waals surface area contributed by atoms with E-state index in [0.29, 0.717) is 18.6 Å². The molecule has 0 aliphatic heterocycles. The minimum Gasteiger partial charge on any atom is -0.352 e. The van der Waals surface area contributed by atoms with Crippen molar-refractivity contribution >= 4 is 5.91 Å².